The first kappa shape index (κ1) is 26.1. The Morgan fingerprint density at radius 2 is 0.640 bits per heavy atom. The molecule has 12 heteroatoms. The molecule has 1 N–H and O–H groups in total. The molecule has 0 unspecified atom stereocenters. The van der Waals surface area contributed by atoms with Gasteiger partial charge in [0.15, 0.2) is 33.3 Å². The lowest BCUT2D eigenvalue weighted by Crippen LogP contribution is -2.66. The molecule has 0 heterocycles. The van der Waals surface area contributed by atoms with Crippen molar-refractivity contribution in [3.8, 4) is 0 Å². The molecule has 0 aromatic rings. The third-order valence-corrected chi connectivity index (χ3v) is 19.5. The van der Waals surface area contributed by atoms with Crippen molar-refractivity contribution < 1.29 is 25.4 Å². The number of hydrogen-bond acceptors (Lipinski definition) is 6. The molecule has 0 amide bonds. The Kier molecular flexibility index (Phi) is 8.55. The molecule has 0 aliphatic rings. The summed E-state index contributed by atoms with van der Waals surface area (Å²) < 4.78 is 31.0. The Labute approximate surface area is 161 Å². The van der Waals surface area contributed by atoms with Crippen LogP contribution in [-0.4, -0.2) is 55.9 Å². The maximum absolute atomic E-state index is 11.3. The lowest BCUT2D eigenvalue weighted by atomic mass is 11.8. The summed E-state index contributed by atoms with van der Waals surface area (Å²) >= 11 is 0. The highest BCUT2D eigenvalue weighted by molar-refractivity contribution is 6.90. The third-order valence-electron chi connectivity index (χ3n) is 2.17. The minimum Gasteiger partial charge on any atom is -0.417 e. The Hall–Kier alpha value is 1.06. The SMILES string of the molecule is C[Si](C)(C)O[Si](C)(O[Si](C)(C)C)O[Si](O)(O[Si](C)(C)C)O[Si](C)(C)C. The first-order valence-electron chi connectivity index (χ1n) is 8.76. The molecule has 0 saturated heterocycles. The fraction of sp³-hybridized carbons (Fsp3) is 1.00. The summed E-state index contributed by atoms with van der Waals surface area (Å²) in [6.07, 6.45) is 0. The summed E-state index contributed by atoms with van der Waals surface area (Å²) in [6.45, 7) is 26.5. The van der Waals surface area contributed by atoms with E-state index < -0.39 is 51.1 Å². The van der Waals surface area contributed by atoms with E-state index in [1.807, 2.05) is 45.8 Å². The van der Waals surface area contributed by atoms with E-state index in [1.54, 1.807) is 0 Å². The summed E-state index contributed by atoms with van der Waals surface area (Å²) in [5.74, 6) is 0. The fourth-order valence-electron chi connectivity index (χ4n) is 2.25. The summed E-state index contributed by atoms with van der Waals surface area (Å²) in [5, 5.41) is 0. The van der Waals surface area contributed by atoms with Crippen LogP contribution >= 0.6 is 0 Å². The molecule has 0 atom stereocenters. The zero-order valence-electron chi connectivity index (χ0n) is 18.5. The van der Waals surface area contributed by atoms with Crippen LogP contribution in [0.15, 0.2) is 0 Å². The second-order valence-electron chi connectivity index (χ2n) is 10.3. The van der Waals surface area contributed by atoms with Gasteiger partial charge >= 0.3 is 17.9 Å². The van der Waals surface area contributed by atoms with Crippen molar-refractivity contribution in [1.82, 2.24) is 0 Å². The third kappa shape index (κ3) is 13.8. The Bertz CT molecular complexity index is 362. The van der Waals surface area contributed by atoms with E-state index in [4.69, 9.17) is 20.6 Å². The highest BCUT2D eigenvalue weighted by atomic mass is 28.5. The van der Waals surface area contributed by atoms with Gasteiger partial charge in [-0.3, -0.25) is 0 Å². The van der Waals surface area contributed by atoms with Crippen molar-refractivity contribution >= 4 is 51.1 Å². The lowest BCUT2D eigenvalue weighted by molar-refractivity contribution is 0.104. The van der Waals surface area contributed by atoms with Crippen molar-refractivity contribution in [3.63, 3.8) is 0 Å². The molecule has 6 nitrogen and oxygen atoms in total. The van der Waals surface area contributed by atoms with Gasteiger partial charge in [-0.15, -0.1) is 0 Å². The van der Waals surface area contributed by atoms with Crippen LogP contribution in [0.25, 0.3) is 0 Å². The quantitative estimate of drug-likeness (QED) is 0.487. The smallest absolute Gasteiger partial charge is 0.417 e. The second kappa shape index (κ2) is 8.20. The highest BCUT2D eigenvalue weighted by Gasteiger charge is 2.57. The van der Waals surface area contributed by atoms with Gasteiger partial charge in [0.1, 0.15) is 0 Å². The maximum atomic E-state index is 11.3. The van der Waals surface area contributed by atoms with Gasteiger partial charge in [-0.05, 0) is 78.6 Å². The molecule has 0 spiro atoms. The summed E-state index contributed by atoms with van der Waals surface area (Å²) in [5.41, 5.74) is 0. The van der Waals surface area contributed by atoms with Crippen molar-refractivity contribution in [2.45, 2.75) is 85.1 Å². The zero-order chi connectivity index (χ0) is 20.5. The van der Waals surface area contributed by atoms with E-state index >= 15 is 0 Å². The minimum absolute atomic E-state index is 1.86. The van der Waals surface area contributed by atoms with Crippen molar-refractivity contribution in [1.29, 1.82) is 0 Å². The number of rotatable bonds is 10. The van der Waals surface area contributed by atoms with Crippen LogP contribution in [0.5, 0.6) is 0 Å². The normalized spacial score (nSPS) is 15.6. The average Bonchev–Trinajstić information content (AvgIpc) is 1.97. The predicted molar refractivity (Wildman–Crippen MR) is 118 cm³/mol. The van der Waals surface area contributed by atoms with Gasteiger partial charge in [-0.2, -0.15) is 0 Å². The summed E-state index contributed by atoms with van der Waals surface area (Å²) in [7, 11) is -15.1. The molecule has 0 aromatic carbocycles. The molecule has 0 bridgehead atoms. The van der Waals surface area contributed by atoms with Gasteiger partial charge in [-0.1, -0.05) is 0 Å². The molecule has 25 heavy (non-hydrogen) atoms. The van der Waals surface area contributed by atoms with Gasteiger partial charge in [0.05, 0.1) is 0 Å². The Morgan fingerprint density at radius 3 is 0.840 bits per heavy atom. The topological polar surface area (TPSA) is 66.4 Å². The summed E-state index contributed by atoms with van der Waals surface area (Å²) in [6, 6.07) is 0. The van der Waals surface area contributed by atoms with Crippen molar-refractivity contribution in [2.75, 3.05) is 0 Å². The monoisotopic (exact) mass is 460 g/mol. The first-order valence-corrected chi connectivity index (χ1v) is 26.3. The standard InChI is InChI=1S/C13H40O6Si6/c1-20(2,3)15-24(13,16-21(4,5)6)19-25(14,17-22(7,8)9)18-23(10,11)12/h14H,1-13H3. The van der Waals surface area contributed by atoms with Gasteiger partial charge in [0.2, 0.25) is 0 Å². The Morgan fingerprint density at radius 1 is 0.400 bits per heavy atom. The maximum Gasteiger partial charge on any atom is 0.648 e. The van der Waals surface area contributed by atoms with Crippen LogP contribution < -0.4 is 0 Å². The van der Waals surface area contributed by atoms with E-state index in [0.29, 0.717) is 0 Å². The van der Waals surface area contributed by atoms with Crippen LogP contribution in [0.2, 0.25) is 85.1 Å². The molecule has 0 radical (unpaired) electrons. The summed E-state index contributed by atoms with van der Waals surface area (Å²) in [4.78, 5) is 11.3. The van der Waals surface area contributed by atoms with Crippen LogP contribution in [0.4, 0.5) is 0 Å². The second-order valence-corrected chi connectivity index (χ2v) is 34.1. The van der Waals surface area contributed by atoms with E-state index in [-0.39, 0.29) is 0 Å². The Balaban J connectivity index is 5.79. The average molecular weight is 461 g/mol. The molecule has 0 fully saturated rings. The van der Waals surface area contributed by atoms with Gasteiger partial charge in [0, 0.05) is 6.55 Å². The van der Waals surface area contributed by atoms with Crippen molar-refractivity contribution in [2.24, 2.45) is 0 Å². The molecular formula is C13H40O6Si6. The molecular weight excluding hydrogens is 421 g/mol. The molecule has 0 saturated carbocycles. The van der Waals surface area contributed by atoms with Crippen LogP contribution in [0, 0.1) is 0 Å². The first-order chi connectivity index (χ1) is 10.5. The molecule has 0 rings (SSSR count). The fourth-order valence-corrected chi connectivity index (χ4v) is 22.5. The highest BCUT2D eigenvalue weighted by Crippen LogP contribution is 2.28. The van der Waals surface area contributed by atoms with Crippen LogP contribution in [-0.2, 0) is 20.6 Å². The predicted octanol–water partition coefficient (Wildman–Crippen LogP) is 4.41. The minimum atomic E-state index is -3.88. The largest absolute Gasteiger partial charge is 0.648 e. The van der Waals surface area contributed by atoms with E-state index in [2.05, 4.69) is 39.3 Å². The zero-order valence-corrected chi connectivity index (χ0v) is 24.5. The van der Waals surface area contributed by atoms with Crippen LogP contribution in [0.1, 0.15) is 0 Å². The lowest BCUT2D eigenvalue weighted by Gasteiger charge is -2.42. The molecule has 0 aromatic heterocycles. The molecule has 152 valence electrons. The number of hydrogen-bond donors (Lipinski definition) is 1. The molecule has 0 aliphatic heterocycles. The molecule has 0 aliphatic carbocycles. The van der Waals surface area contributed by atoms with E-state index in [9.17, 15) is 4.80 Å². The van der Waals surface area contributed by atoms with Gasteiger partial charge in [0.25, 0.3) is 0 Å². The van der Waals surface area contributed by atoms with Crippen molar-refractivity contribution in [3.05, 3.63) is 0 Å². The van der Waals surface area contributed by atoms with Crippen LogP contribution in [0.3, 0.4) is 0 Å². The van der Waals surface area contributed by atoms with E-state index in [1.165, 1.54) is 0 Å². The van der Waals surface area contributed by atoms with Gasteiger partial charge < -0.3 is 25.4 Å². The van der Waals surface area contributed by atoms with E-state index in [0.717, 1.165) is 0 Å². The van der Waals surface area contributed by atoms with Gasteiger partial charge in [-0.25, -0.2) is 0 Å².